The van der Waals surface area contributed by atoms with E-state index in [2.05, 4.69) is 13.8 Å². The van der Waals surface area contributed by atoms with Gasteiger partial charge in [-0.2, -0.15) is 0 Å². The van der Waals surface area contributed by atoms with Crippen LogP contribution in [0.5, 0.6) is 5.75 Å². The molecule has 1 aliphatic rings. The van der Waals surface area contributed by atoms with Crippen molar-refractivity contribution in [2.75, 3.05) is 25.2 Å². The molecule has 0 aliphatic carbocycles. The molecule has 0 fully saturated rings. The highest BCUT2D eigenvalue weighted by atomic mass is 16.5. The fraction of sp³-hybridized carbons (Fsp3) is 0.400. The Bertz CT molecular complexity index is 1140. The molecule has 2 atom stereocenters. The van der Waals surface area contributed by atoms with E-state index in [1.165, 1.54) is 0 Å². The molecular weight excluding hydrogens is 406 g/mol. The summed E-state index contributed by atoms with van der Waals surface area (Å²) < 4.78 is 12.8. The number of carbonyl (C=O) groups is 2. The fourth-order valence-corrected chi connectivity index (χ4v) is 4.27. The van der Waals surface area contributed by atoms with Gasteiger partial charge in [0.25, 0.3) is 0 Å². The van der Waals surface area contributed by atoms with Crippen LogP contribution in [0.15, 0.2) is 48.5 Å². The number of benzene rings is 2. The van der Waals surface area contributed by atoms with Crippen LogP contribution in [0.4, 0.5) is 5.95 Å². The van der Waals surface area contributed by atoms with Crippen molar-refractivity contribution in [3.8, 4) is 5.75 Å². The van der Waals surface area contributed by atoms with Gasteiger partial charge in [-0.15, -0.1) is 0 Å². The number of carbonyl (C=O) groups excluding carboxylic acids is 2. The number of nitrogens with zero attached hydrogens (tertiary/aromatic N) is 3. The van der Waals surface area contributed by atoms with Gasteiger partial charge in [-0.1, -0.05) is 38.1 Å². The molecule has 1 aliphatic heterocycles. The minimum atomic E-state index is -1.01. The highest BCUT2D eigenvalue weighted by Gasteiger charge is 2.47. The summed E-state index contributed by atoms with van der Waals surface area (Å²) in [5.41, 5.74) is 2.44. The zero-order valence-electron chi connectivity index (χ0n) is 18.9. The topological polar surface area (TPSA) is 73.7 Å². The van der Waals surface area contributed by atoms with Crippen LogP contribution in [0.25, 0.3) is 11.0 Å². The predicted octanol–water partition coefficient (Wildman–Crippen LogP) is 4.21. The molecule has 0 bridgehead atoms. The van der Waals surface area contributed by atoms with Crippen molar-refractivity contribution in [1.82, 2.24) is 9.55 Å². The molecule has 0 saturated carbocycles. The number of rotatable bonds is 7. The van der Waals surface area contributed by atoms with Crippen molar-refractivity contribution in [3.63, 3.8) is 0 Å². The lowest BCUT2D eigenvalue weighted by Gasteiger charge is -2.38. The van der Waals surface area contributed by atoms with E-state index >= 15 is 0 Å². The number of hydrogen-bond donors (Lipinski definition) is 0. The smallest absolute Gasteiger partial charge is 0.321 e. The molecule has 3 aromatic rings. The van der Waals surface area contributed by atoms with E-state index in [0.29, 0.717) is 24.2 Å². The van der Waals surface area contributed by atoms with Crippen LogP contribution in [0, 0.1) is 11.8 Å². The SMILES string of the molecule is CCOC(=O)[C@H]1C(=O)N(CCC(C)C)c2nc3ccccc3n2[C@@H]1c1cccc(OC)c1. The summed E-state index contributed by atoms with van der Waals surface area (Å²) in [4.78, 5) is 33.4. The molecule has 1 aromatic heterocycles. The lowest BCUT2D eigenvalue weighted by Crippen LogP contribution is -2.50. The van der Waals surface area contributed by atoms with Crippen molar-refractivity contribution in [2.45, 2.75) is 33.2 Å². The average molecular weight is 436 g/mol. The van der Waals surface area contributed by atoms with Crippen molar-refractivity contribution in [1.29, 1.82) is 0 Å². The summed E-state index contributed by atoms with van der Waals surface area (Å²) in [6.07, 6.45) is 0.800. The minimum absolute atomic E-state index is 0.205. The Hall–Kier alpha value is -3.35. The van der Waals surface area contributed by atoms with Crippen LogP contribution in [-0.4, -0.2) is 41.7 Å². The van der Waals surface area contributed by atoms with Gasteiger partial charge in [0.15, 0.2) is 5.92 Å². The number of methoxy groups -OCH3 is 1. The van der Waals surface area contributed by atoms with E-state index in [1.54, 1.807) is 18.9 Å². The molecule has 0 unspecified atom stereocenters. The standard InChI is InChI=1S/C25H29N3O4/c1-5-32-24(30)21-22(17-9-8-10-18(15-17)31-4)28-20-12-7-6-11-19(20)26-25(28)27(23(21)29)14-13-16(2)3/h6-12,15-16,21-22H,5,13-14H2,1-4H3/t21-,22-/m1/s1. The van der Waals surface area contributed by atoms with Gasteiger partial charge in [0, 0.05) is 6.54 Å². The van der Waals surface area contributed by atoms with E-state index in [0.717, 1.165) is 23.0 Å². The quantitative estimate of drug-likeness (QED) is 0.411. The summed E-state index contributed by atoms with van der Waals surface area (Å²) in [6.45, 7) is 6.66. The van der Waals surface area contributed by atoms with Gasteiger partial charge in [-0.3, -0.25) is 14.5 Å². The fourth-order valence-electron chi connectivity index (χ4n) is 4.27. The number of hydrogen-bond acceptors (Lipinski definition) is 5. The molecule has 168 valence electrons. The summed E-state index contributed by atoms with van der Waals surface area (Å²) in [7, 11) is 1.60. The maximum Gasteiger partial charge on any atom is 0.321 e. The van der Waals surface area contributed by atoms with E-state index in [9.17, 15) is 9.59 Å². The van der Waals surface area contributed by atoms with Crippen LogP contribution in [0.2, 0.25) is 0 Å². The Balaban J connectivity index is 1.96. The van der Waals surface area contributed by atoms with Crippen molar-refractivity contribution >= 4 is 28.9 Å². The molecule has 4 rings (SSSR count). The highest BCUT2D eigenvalue weighted by Crippen LogP contribution is 2.42. The lowest BCUT2D eigenvalue weighted by molar-refractivity contribution is -0.153. The number of fused-ring (bicyclic) bond motifs is 3. The molecule has 0 radical (unpaired) electrons. The second-order valence-electron chi connectivity index (χ2n) is 8.39. The lowest BCUT2D eigenvalue weighted by atomic mass is 9.89. The maximum atomic E-state index is 13.8. The summed E-state index contributed by atoms with van der Waals surface area (Å²) in [5.74, 6) is -0.198. The van der Waals surface area contributed by atoms with Gasteiger partial charge in [0.2, 0.25) is 11.9 Å². The zero-order chi connectivity index (χ0) is 22.8. The first-order chi connectivity index (χ1) is 15.5. The van der Waals surface area contributed by atoms with E-state index < -0.39 is 17.9 Å². The summed E-state index contributed by atoms with van der Waals surface area (Å²) in [5, 5.41) is 0. The second-order valence-corrected chi connectivity index (χ2v) is 8.39. The van der Waals surface area contributed by atoms with E-state index in [-0.39, 0.29) is 12.5 Å². The number of esters is 1. The Morgan fingerprint density at radius 3 is 2.66 bits per heavy atom. The van der Waals surface area contributed by atoms with Gasteiger partial charge >= 0.3 is 5.97 Å². The first-order valence-electron chi connectivity index (χ1n) is 11.0. The molecule has 2 heterocycles. The number of amides is 1. The number of para-hydroxylation sites is 2. The van der Waals surface area contributed by atoms with Crippen molar-refractivity contribution in [2.24, 2.45) is 11.8 Å². The summed E-state index contributed by atoms with van der Waals surface area (Å²) >= 11 is 0. The van der Waals surface area contributed by atoms with Gasteiger partial charge in [-0.25, -0.2) is 4.98 Å². The zero-order valence-corrected chi connectivity index (χ0v) is 18.9. The van der Waals surface area contributed by atoms with Gasteiger partial charge in [-0.05, 0) is 49.1 Å². The van der Waals surface area contributed by atoms with Gasteiger partial charge < -0.3 is 14.0 Å². The Morgan fingerprint density at radius 1 is 1.16 bits per heavy atom. The monoisotopic (exact) mass is 435 g/mol. The van der Waals surface area contributed by atoms with Crippen LogP contribution in [-0.2, 0) is 14.3 Å². The number of aromatic nitrogens is 2. The molecule has 2 aromatic carbocycles. The van der Waals surface area contributed by atoms with E-state index in [4.69, 9.17) is 14.5 Å². The minimum Gasteiger partial charge on any atom is -0.497 e. The van der Waals surface area contributed by atoms with Crippen LogP contribution >= 0.6 is 0 Å². The Kier molecular flexibility index (Phi) is 6.17. The average Bonchev–Trinajstić information content (AvgIpc) is 3.16. The van der Waals surface area contributed by atoms with Crippen LogP contribution < -0.4 is 9.64 Å². The van der Waals surface area contributed by atoms with E-state index in [1.807, 2.05) is 53.1 Å². The molecule has 1 amide bonds. The third-order valence-corrected chi connectivity index (χ3v) is 5.85. The van der Waals surface area contributed by atoms with Gasteiger partial charge in [0.05, 0.1) is 30.8 Å². The molecule has 0 N–H and O–H groups in total. The number of anilines is 1. The predicted molar refractivity (Wildman–Crippen MR) is 123 cm³/mol. The second kappa shape index (κ2) is 9.02. The van der Waals surface area contributed by atoms with Gasteiger partial charge in [0.1, 0.15) is 5.75 Å². The number of ether oxygens (including phenoxy) is 2. The van der Waals surface area contributed by atoms with Crippen LogP contribution in [0.3, 0.4) is 0 Å². The molecular formula is C25H29N3O4. The first kappa shape index (κ1) is 21.9. The highest BCUT2D eigenvalue weighted by molar-refractivity contribution is 6.08. The molecule has 32 heavy (non-hydrogen) atoms. The molecule has 0 saturated heterocycles. The third-order valence-electron chi connectivity index (χ3n) is 5.85. The Morgan fingerprint density at radius 2 is 1.94 bits per heavy atom. The summed E-state index contributed by atoms with van der Waals surface area (Å²) in [6, 6.07) is 14.7. The Labute approximate surface area is 187 Å². The van der Waals surface area contributed by atoms with Crippen molar-refractivity contribution < 1.29 is 19.1 Å². The first-order valence-corrected chi connectivity index (χ1v) is 11.0. The maximum absolute atomic E-state index is 13.8. The van der Waals surface area contributed by atoms with Crippen LogP contribution in [0.1, 0.15) is 38.8 Å². The largest absolute Gasteiger partial charge is 0.497 e. The molecule has 7 heteroatoms. The molecule has 7 nitrogen and oxygen atoms in total. The third kappa shape index (κ3) is 3.83. The number of imidazole rings is 1. The molecule has 0 spiro atoms. The van der Waals surface area contributed by atoms with Crippen molar-refractivity contribution in [3.05, 3.63) is 54.1 Å². The normalized spacial score (nSPS) is 18.2.